The first-order chi connectivity index (χ1) is 9.12. The van der Waals surface area contributed by atoms with Crippen LogP contribution in [0.3, 0.4) is 0 Å². The molecule has 1 rings (SSSR count). The third kappa shape index (κ3) is 5.31. The zero-order chi connectivity index (χ0) is 14.3. The fourth-order valence-corrected chi connectivity index (χ4v) is 2.65. The molecule has 0 radical (unpaired) electrons. The molecule has 2 nitrogen and oxygen atoms in total. The van der Waals surface area contributed by atoms with E-state index in [4.69, 9.17) is 29.0 Å². The first-order valence-electron chi connectivity index (χ1n) is 7.03. The van der Waals surface area contributed by atoms with E-state index < -0.39 is 0 Å². The molecular weight excluding hydrogens is 279 g/mol. The van der Waals surface area contributed by atoms with Crippen LogP contribution in [0.25, 0.3) is 0 Å². The van der Waals surface area contributed by atoms with Gasteiger partial charge in [0.2, 0.25) is 0 Å². The predicted molar refractivity (Wildman–Crippen MR) is 84.4 cm³/mol. The van der Waals surface area contributed by atoms with E-state index >= 15 is 0 Å². The van der Waals surface area contributed by atoms with Crippen molar-refractivity contribution in [2.75, 3.05) is 0 Å². The fraction of sp³-hybridized carbons (Fsp3) is 0.600. The Bertz CT molecular complexity index is 382. The van der Waals surface area contributed by atoms with Gasteiger partial charge in [-0.2, -0.15) is 0 Å². The molecule has 0 aliphatic heterocycles. The topological polar surface area (TPSA) is 38.0 Å². The summed E-state index contributed by atoms with van der Waals surface area (Å²) in [5, 5.41) is 1.17. The summed E-state index contributed by atoms with van der Waals surface area (Å²) in [7, 11) is 0. The first kappa shape index (κ1) is 16.8. The first-order valence-corrected chi connectivity index (χ1v) is 7.79. The third-order valence-electron chi connectivity index (χ3n) is 3.66. The van der Waals surface area contributed by atoms with Crippen molar-refractivity contribution < 1.29 is 0 Å². The lowest BCUT2D eigenvalue weighted by Gasteiger charge is -2.23. The van der Waals surface area contributed by atoms with Gasteiger partial charge in [-0.15, -0.1) is 0 Å². The van der Waals surface area contributed by atoms with Crippen molar-refractivity contribution in [2.24, 2.45) is 11.8 Å². The summed E-state index contributed by atoms with van der Waals surface area (Å²) in [6.45, 7) is 4.47. The highest BCUT2D eigenvalue weighted by Crippen LogP contribution is 2.30. The van der Waals surface area contributed by atoms with Crippen LogP contribution in [0.4, 0.5) is 0 Å². The maximum atomic E-state index is 6.07. The lowest BCUT2D eigenvalue weighted by Crippen LogP contribution is -2.29. The van der Waals surface area contributed by atoms with Crippen molar-refractivity contribution in [3.05, 3.63) is 33.8 Å². The van der Waals surface area contributed by atoms with Crippen LogP contribution in [0.15, 0.2) is 18.2 Å². The van der Waals surface area contributed by atoms with Gasteiger partial charge in [0, 0.05) is 6.04 Å². The van der Waals surface area contributed by atoms with Crippen LogP contribution in [-0.2, 0) is 0 Å². The summed E-state index contributed by atoms with van der Waals surface area (Å²) in [6.07, 6.45) is 5.98. The normalized spacial score (nSPS) is 14.4. The minimum atomic E-state index is 0.136. The Morgan fingerprint density at radius 3 is 2.47 bits per heavy atom. The number of nitrogens with two attached hydrogens (primary N) is 1. The van der Waals surface area contributed by atoms with E-state index in [2.05, 4.69) is 19.3 Å². The van der Waals surface area contributed by atoms with Crippen LogP contribution < -0.4 is 11.3 Å². The van der Waals surface area contributed by atoms with Gasteiger partial charge in [-0.05, 0) is 30.0 Å². The van der Waals surface area contributed by atoms with E-state index in [-0.39, 0.29) is 6.04 Å². The molecule has 0 aliphatic carbocycles. The number of hydrazine groups is 1. The molecule has 0 amide bonds. The van der Waals surface area contributed by atoms with Gasteiger partial charge in [0.05, 0.1) is 10.0 Å². The molecule has 4 heteroatoms. The third-order valence-corrected chi connectivity index (χ3v) is 4.40. The van der Waals surface area contributed by atoms with E-state index in [1.165, 1.54) is 25.7 Å². The van der Waals surface area contributed by atoms with Gasteiger partial charge in [-0.3, -0.25) is 11.3 Å². The molecule has 0 aliphatic rings. The van der Waals surface area contributed by atoms with Crippen molar-refractivity contribution in [3.8, 4) is 0 Å². The molecule has 0 fully saturated rings. The Morgan fingerprint density at radius 1 is 1.21 bits per heavy atom. The van der Waals surface area contributed by atoms with E-state index in [1.54, 1.807) is 0 Å². The number of hydrogen-bond donors (Lipinski definition) is 2. The van der Waals surface area contributed by atoms with E-state index in [9.17, 15) is 0 Å². The highest BCUT2D eigenvalue weighted by Gasteiger charge is 2.16. The van der Waals surface area contributed by atoms with Crippen LogP contribution in [0.1, 0.15) is 57.6 Å². The highest BCUT2D eigenvalue weighted by atomic mass is 35.5. The van der Waals surface area contributed by atoms with Gasteiger partial charge in [-0.1, -0.05) is 68.8 Å². The van der Waals surface area contributed by atoms with Crippen molar-refractivity contribution in [2.45, 2.75) is 52.0 Å². The Hall–Kier alpha value is -0.280. The summed E-state index contributed by atoms with van der Waals surface area (Å²) in [6, 6.07) is 5.86. The van der Waals surface area contributed by atoms with Gasteiger partial charge in [0.15, 0.2) is 0 Å². The van der Waals surface area contributed by atoms with Gasteiger partial charge < -0.3 is 0 Å². The molecule has 1 aromatic carbocycles. The van der Waals surface area contributed by atoms with Crippen molar-refractivity contribution in [1.82, 2.24) is 5.43 Å². The Labute approximate surface area is 126 Å². The zero-order valence-corrected chi connectivity index (χ0v) is 13.3. The molecule has 0 aromatic heterocycles. The molecule has 1 aromatic rings. The highest BCUT2D eigenvalue weighted by molar-refractivity contribution is 6.42. The van der Waals surface area contributed by atoms with E-state index in [0.717, 1.165) is 12.0 Å². The van der Waals surface area contributed by atoms with Gasteiger partial charge in [-0.25, -0.2) is 0 Å². The number of hydrogen-bond acceptors (Lipinski definition) is 2. The lowest BCUT2D eigenvalue weighted by atomic mass is 9.89. The van der Waals surface area contributed by atoms with Crippen LogP contribution in [0.5, 0.6) is 0 Å². The SMILES string of the molecule is CCCCC(CC)CC(NN)c1ccc(Cl)c(Cl)c1. The lowest BCUT2D eigenvalue weighted by molar-refractivity contribution is 0.356. The van der Waals surface area contributed by atoms with Crippen molar-refractivity contribution in [3.63, 3.8) is 0 Å². The summed E-state index contributed by atoms with van der Waals surface area (Å²) >= 11 is 12.0. The standard InChI is InChI=1S/C15H24Cl2N2/c1-3-5-6-11(4-2)9-15(19-18)12-7-8-13(16)14(17)10-12/h7-8,10-11,15,19H,3-6,9,18H2,1-2H3. The monoisotopic (exact) mass is 302 g/mol. The summed E-state index contributed by atoms with van der Waals surface area (Å²) in [5.41, 5.74) is 4.01. The largest absolute Gasteiger partial charge is 0.271 e. The maximum absolute atomic E-state index is 6.07. The number of halogens is 2. The number of benzene rings is 1. The molecule has 0 heterocycles. The number of unbranched alkanes of at least 4 members (excludes halogenated alkanes) is 1. The molecular formula is C15H24Cl2N2. The van der Waals surface area contributed by atoms with E-state index in [1.807, 2.05) is 18.2 Å². The molecule has 2 unspecified atom stereocenters. The molecule has 19 heavy (non-hydrogen) atoms. The Morgan fingerprint density at radius 2 is 1.95 bits per heavy atom. The minimum Gasteiger partial charge on any atom is -0.271 e. The number of nitrogens with one attached hydrogen (secondary N) is 1. The summed E-state index contributed by atoms with van der Waals surface area (Å²) in [4.78, 5) is 0. The van der Waals surface area contributed by atoms with Gasteiger partial charge in [0.1, 0.15) is 0 Å². The summed E-state index contributed by atoms with van der Waals surface area (Å²) in [5.74, 6) is 6.39. The summed E-state index contributed by atoms with van der Waals surface area (Å²) < 4.78 is 0. The Kier molecular flexibility index (Phi) is 7.77. The number of rotatable bonds is 8. The van der Waals surface area contributed by atoms with Crippen LogP contribution >= 0.6 is 23.2 Å². The van der Waals surface area contributed by atoms with Crippen molar-refractivity contribution >= 4 is 23.2 Å². The van der Waals surface area contributed by atoms with Gasteiger partial charge in [0.25, 0.3) is 0 Å². The van der Waals surface area contributed by atoms with Gasteiger partial charge >= 0.3 is 0 Å². The zero-order valence-electron chi connectivity index (χ0n) is 11.8. The van der Waals surface area contributed by atoms with E-state index in [0.29, 0.717) is 16.0 Å². The molecule has 0 saturated heterocycles. The Balaban J connectivity index is 2.72. The molecule has 0 spiro atoms. The fourth-order valence-electron chi connectivity index (χ4n) is 2.34. The average molecular weight is 303 g/mol. The van der Waals surface area contributed by atoms with Crippen LogP contribution in [0, 0.1) is 5.92 Å². The molecule has 108 valence electrons. The van der Waals surface area contributed by atoms with Crippen molar-refractivity contribution in [1.29, 1.82) is 0 Å². The quantitative estimate of drug-likeness (QED) is 0.517. The molecule has 0 saturated carbocycles. The second kappa shape index (κ2) is 8.80. The molecule has 3 N–H and O–H groups in total. The minimum absolute atomic E-state index is 0.136. The smallest absolute Gasteiger partial charge is 0.0595 e. The predicted octanol–water partition coefficient (Wildman–Crippen LogP) is 5.10. The second-order valence-corrected chi connectivity index (χ2v) is 5.86. The van der Waals surface area contributed by atoms with Crippen LogP contribution in [-0.4, -0.2) is 0 Å². The molecule has 0 bridgehead atoms. The average Bonchev–Trinajstić information content (AvgIpc) is 2.42. The second-order valence-electron chi connectivity index (χ2n) is 5.05. The van der Waals surface area contributed by atoms with Crippen LogP contribution in [0.2, 0.25) is 10.0 Å². The maximum Gasteiger partial charge on any atom is 0.0595 e. The molecule has 2 atom stereocenters.